The van der Waals surface area contributed by atoms with E-state index in [0.717, 1.165) is 50.9 Å². The van der Waals surface area contributed by atoms with Gasteiger partial charge in [-0.3, -0.25) is 4.79 Å². The Morgan fingerprint density at radius 2 is 2.03 bits per heavy atom. The predicted molar refractivity (Wildman–Crippen MR) is 129 cm³/mol. The number of fused-ring (bicyclic) bond motifs is 1. The van der Waals surface area contributed by atoms with Gasteiger partial charge in [0.2, 0.25) is 5.95 Å². The summed E-state index contributed by atoms with van der Waals surface area (Å²) in [7, 11) is 0. The molecule has 0 spiro atoms. The molecule has 1 fully saturated rings. The number of hydrogen-bond acceptors (Lipinski definition) is 8. The smallest absolute Gasteiger partial charge is 0.255 e. The number of nitrogens with zero attached hydrogens (tertiary/aromatic N) is 3. The highest BCUT2D eigenvalue weighted by Gasteiger charge is 2.28. The highest BCUT2D eigenvalue weighted by atomic mass is 16.5. The number of amides is 1. The number of carbonyl (C=O) groups excluding carboxylic acids is 1. The largest absolute Gasteiger partial charge is 0.490 e. The van der Waals surface area contributed by atoms with Gasteiger partial charge in [-0.1, -0.05) is 0 Å². The predicted octanol–water partition coefficient (Wildman–Crippen LogP) is 2.25. The number of hydrogen-bond donors (Lipinski definition) is 3. The molecule has 0 saturated carbocycles. The quantitative estimate of drug-likeness (QED) is 0.480. The van der Waals surface area contributed by atoms with Crippen LogP contribution in [0.4, 0.5) is 5.95 Å². The molecule has 3 N–H and O–H groups in total. The van der Waals surface area contributed by atoms with Crippen LogP contribution in [0.5, 0.6) is 11.5 Å². The van der Waals surface area contributed by atoms with Gasteiger partial charge >= 0.3 is 0 Å². The number of carbonyl (C=O) groups is 1. The number of rotatable bonds is 9. The Bertz CT molecular complexity index is 942. The zero-order chi connectivity index (χ0) is 23.8. The second kappa shape index (κ2) is 12.0. The maximum atomic E-state index is 12.9. The van der Waals surface area contributed by atoms with E-state index in [4.69, 9.17) is 9.47 Å². The summed E-state index contributed by atoms with van der Waals surface area (Å²) in [6.45, 7) is 6.82. The SMILES string of the molecule is Cc1cc2c(c(C(=O)NC[C@@H]3CCN(CCCCNc4ncccn4)C[C@H]3O)c1)OCCCO2. The summed E-state index contributed by atoms with van der Waals surface area (Å²) in [5, 5.41) is 16.9. The Morgan fingerprint density at radius 3 is 2.85 bits per heavy atom. The first-order chi connectivity index (χ1) is 16.6. The van der Waals surface area contributed by atoms with Gasteiger partial charge in [-0.15, -0.1) is 0 Å². The van der Waals surface area contributed by atoms with Crippen LogP contribution in [0.3, 0.4) is 0 Å². The molecule has 1 aromatic carbocycles. The highest BCUT2D eigenvalue weighted by molar-refractivity contribution is 5.98. The number of ether oxygens (including phenoxy) is 2. The molecule has 3 heterocycles. The summed E-state index contributed by atoms with van der Waals surface area (Å²) in [5.41, 5.74) is 1.45. The summed E-state index contributed by atoms with van der Waals surface area (Å²) >= 11 is 0. The molecule has 9 heteroatoms. The fraction of sp³-hybridized carbons (Fsp3) is 0.560. The van der Waals surface area contributed by atoms with E-state index in [1.807, 2.05) is 19.1 Å². The average molecular weight is 470 g/mol. The third kappa shape index (κ3) is 6.57. The minimum Gasteiger partial charge on any atom is -0.490 e. The van der Waals surface area contributed by atoms with Gasteiger partial charge in [0.25, 0.3) is 5.91 Å². The molecule has 4 rings (SSSR count). The van der Waals surface area contributed by atoms with Gasteiger partial charge in [0.05, 0.1) is 24.9 Å². The molecule has 0 aliphatic carbocycles. The number of nitrogens with one attached hydrogen (secondary N) is 2. The lowest BCUT2D eigenvalue weighted by molar-refractivity contribution is 0.0217. The lowest BCUT2D eigenvalue weighted by atomic mass is 9.93. The Balaban J connectivity index is 1.19. The number of aryl methyl sites for hydroxylation is 1. The number of aromatic nitrogens is 2. The van der Waals surface area contributed by atoms with Gasteiger partial charge in [-0.2, -0.15) is 0 Å². The first kappa shape index (κ1) is 24.2. The molecule has 9 nitrogen and oxygen atoms in total. The Kier molecular flexibility index (Phi) is 8.54. The normalized spacial score (nSPS) is 20.4. The number of anilines is 1. The first-order valence-corrected chi connectivity index (χ1v) is 12.2. The molecule has 2 atom stereocenters. The summed E-state index contributed by atoms with van der Waals surface area (Å²) in [6.07, 6.45) is 6.67. The Hall–Kier alpha value is -2.91. The fourth-order valence-corrected chi connectivity index (χ4v) is 4.44. The van der Waals surface area contributed by atoms with Crippen LogP contribution in [-0.2, 0) is 0 Å². The summed E-state index contributed by atoms with van der Waals surface area (Å²) < 4.78 is 11.6. The van der Waals surface area contributed by atoms with Gasteiger partial charge in [0, 0.05) is 44.4 Å². The van der Waals surface area contributed by atoms with Crippen LogP contribution < -0.4 is 20.1 Å². The maximum Gasteiger partial charge on any atom is 0.255 e. The highest BCUT2D eigenvalue weighted by Crippen LogP contribution is 2.34. The van der Waals surface area contributed by atoms with Gasteiger partial charge < -0.3 is 30.1 Å². The molecule has 184 valence electrons. The lowest BCUT2D eigenvalue weighted by Crippen LogP contribution is -2.47. The Morgan fingerprint density at radius 1 is 1.21 bits per heavy atom. The molecular formula is C25H35N5O4. The minimum atomic E-state index is -0.459. The molecule has 1 saturated heterocycles. The van der Waals surface area contributed by atoms with Crippen molar-refractivity contribution in [3.8, 4) is 11.5 Å². The lowest BCUT2D eigenvalue weighted by Gasteiger charge is -2.36. The zero-order valence-corrected chi connectivity index (χ0v) is 19.8. The number of likely N-dealkylation sites (tertiary alicyclic amines) is 1. The van der Waals surface area contributed by atoms with E-state index in [-0.39, 0.29) is 11.8 Å². The molecule has 1 amide bonds. The third-order valence-electron chi connectivity index (χ3n) is 6.32. The van der Waals surface area contributed by atoms with Gasteiger partial charge in [-0.25, -0.2) is 9.97 Å². The van der Waals surface area contributed by atoms with Crippen molar-refractivity contribution >= 4 is 11.9 Å². The fourth-order valence-electron chi connectivity index (χ4n) is 4.44. The summed E-state index contributed by atoms with van der Waals surface area (Å²) in [5.74, 6) is 1.65. The number of benzene rings is 1. The van der Waals surface area contributed by atoms with Crippen molar-refractivity contribution in [3.05, 3.63) is 41.7 Å². The molecule has 2 aliphatic heterocycles. The van der Waals surface area contributed by atoms with Gasteiger partial charge in [0.1, 0.15) is 0 Å². The first-order valence-electron chi connectivity index (χ1n) is 12.2. The number of unbranched alkanes of at least 4 members (excludes halogenated alkanes) is 1. The zero-order valence-electron chi connectivity index (χ0n) is 19.8. The Labute approximate surface area is 200 Å². The second-order valence-electron chi connectivity index (χ2n) is 9.02. The van der Waals surface area contributed by atoms with E-state index in [9.17, 15) is 9.90 Å². The van der Waals surface area contributed by atoms with Crippen molar-refractivity contribution in [3.63, 3.8) is 0 Å². The van der Waals surface area contributed by atoms with Crippen LogP contribution in [0.2, 0.25) is 0 Å². The van der Waals surface area contributed by atoms with Crippen LogP contribution in [0.25, 0.3) is 0 Å². The molecule has 2 aromatic rings. The van der Waals surface area contributed by atoms with Crippen molar-refractivity contribution in [1.29, 1.82) is 0 Å². The van der Waals surface area contributed by atoms with E-state index in [1.165, 1.54) is 0 Å². The molecule has 2 aliphatic rings. The second-order valence-corrected chi connectivity index (χ2v) is 9.02. The number of piperidine rings is 1. The van der Waals surface area contributed by atoms with E-state index in [1.54, 1.807) is 18.5 Å². The monoisotopic (exact) mass is 469 g/mol. The van der Waals surface area contributed by atoms with Crippen molar-refractivity contribution in [1.82, 2.24) is 20.2 Å². The van der Waals surface area contributed by atoms with Crippen LogP contribution in [-0.4, -0.2) is 77.9 Å². The molecule has 0 radical (unpaired) electrons. The summed E-state index contributed by atoms with van der Waals surface area (Å²) in [4.78, 5) is 23.6. The van der Waals surface area contributed by atoms with Crippen LogP contribution in [0.1, 0.15) is 41.6 Å². The summed E-state index contributed by atoms with van der Waals surface area (Å²) in [6, 6.07) is 5.54. The van der Waals surface area contributed by atoms with E-state index >= 15 is 0 Å². The molecule has 34 heavy (non-hydrogen) atoms. The van der Waals surface area contributed by atoms with E-state index in [0.29, 0.717) is 49.3 Å². The molecule has 0 bridgehead atoms. The van der Waals surface area contributed by atoms with Gasteiger partial charge in [-0.05, 0) is 63.0 Å². The maximum absolute atomic E-state index is 12.9. The van der Waals surface area contributed by atoms with Crippen molar-refractivity contribution in [2.24, 2.45) is 5.92 Å². The van der Waals surface area contributed by atoms with Gasteiger partial charge in [0.15, 0.2) is 11.5 Å². The van der Waals surface area contributed by atoms with Crippen LogP contribution >= 0.6 is 0 Å². The van der Waals surface area contributed by atoms with Crippen LogP contribution in [0.15, 0.2) is 30.6 Å². The van der Waals surface area contributed by atoms with Crippen molar-refractivity contribution < 1.29 is 19.4 Å². The van der Waals surface area contributed by atoms with Crippen molar-refractivity contribution in [2.45, 2.75) is 38.7 Å². The standard InChI is InChI=1S/C25H35N5O4/c1-18-14-20(23-22(15-18)33-12-5-13-34-23)24(32)29-16-19-6-11-30(17-21(19)31)10-3-2-7-26-25-27-8-4-9-28-25/h4,8-9,14-15,19,21,31H,2-3,5-7,10-13,16-17H2,1H3,(H,29,32)(H,26,27,28)/t19-,21+/m0/s1. The number of aliphatic hydroxyl groups excluding tert-OH is 1. The average Bonchev–Trinajstić information content (AvgIpc) is 3.08. The third-order valence-corrected chi connectivity index (χ3v) is 6.32. The van der Waals surface area contributed by atoms with E-state index < -0.39 is 6.10 Å². The number of β-amino-alcohol motifs (C(OH)–C–C–N with tert-alkyl or cyclic N) is 1. The van der Waals surface area contributed by atoms with E-state index in [2.05, 4.69) is 25.5 Å². The topological polar surface area (TPSA) is 109 Å². The van der Waals surface area contributed by atoms with Crippen molar-refractivity contribution in [2.75, 3.05) is 51.3 Å². The minimum absolute atomic E-state index is 0.0395. The molecular weight excluding hydrogens is 434 g/mol. The van der Waals surface area contributed by atoms with Crippen LogP contribution in [0, 0.1) is 12.8 Å². The number of aliphatic hydroxyl groups is 1. The molecule has 1 aromatic heterocycles. The molecule has 0 unspecified atom stereocenters.